The highest BCUT2D eigenvalue weighted by atomic mass is 19.4. The molecule has 0 N–H and O–H groups in total. The first-order valence-electron chi connectivity index (χ1n) is 15.1. The van der Waals surface area contributed by atoms with Crippen molar-refractivity contribution in [1.82, 2.24) is 4.90 Å². The van der Waals surface area contributed by atoms with Gasteiger partial charge in [0.2, 0.25) is 0 Å². The van der Waals surface area contributed by atoms with Crippen molar-refractivity contribution in [3.63, 3.8) is 0 Å². The first-order chi connectivity index (χ1) is 20.2. The van der Waals surface area contributed by atoms with Gasteiger partial charge >= 0.3 is 18.3 Å². The van der Waals surface area contributed by atoms with Gasteiger partial charge in [-0.25, -0.2) is 0 Å². The lowest BCUT2D eigenvalue weighted by Gasteiger charge is -2.51. The second-order valence-corrected chi connectivity index (χ2v) is 13.0. The molecule has 2 aromatic rings. The van der Waals surface area contributed by atoms with Crippen molar-refractivity contribution in [3.8, 4) is 5.75 Å². The molecule has 10 heteroatoms. The van der Waals surface area contributed by atoms with Gasteiger partial charge in [-0.15, -0.1) is 0 Å². The summed E-state index contributed by atoms with van der Waals surface area (Å²) in [6.45, 7) is 4.38. The van der Waals surface area contributed by atoms with Crippen molar-refractivity contribution in [2.24, 2.45) is 23.7 Å². The molecule has 4 nitrogen and oxygen atoms in total. The molecule has 43 heavy (non-hydrogen) atoms. The second-order valence-electron chi connectivity index (χ2n) is 13.0. The van der Waals surface area contributed by atoms with Crippen LogP contribution in [0.5, 0.6) is 5.75 Å². The fraction of sp³-hybridized carbons (Fsp3) is 0.606. The Morgan fingerprint density at radius 3 is 2.21 bits per heavy atom. The van der Waals surface area contributed by atoms with Crippen LogP contribution in [-0.4, -0.2) is 36.7 Å². The predicted molar refractivity (Wildman–Crippen MR) is 147 cm³/mol. The molecule has 2 saturated carbocycles. The molecule has 2 bridgehead atoms. The van der Waals surface area contributed by atoms with Gasteiger partial charge in [0, 0.05) is 31.0 Å². The summed E-state index contributed by atoms with van der Waals surface area (Å²) in [6.07, 6.45) is -4.07. The van der Waals surface area contributed by atoms with E-state index in [1.165, 1.54) is 7.11 Å². The maximum atomic E-state index is 13.9. The summed E-state index contributed by atoms with van der Waals surface area (Å²) < 4.78 is 94.1. The number of aryl methyl sites for hydroxylation is 1. The van der Waals surface area contributed by atoms with Crippen LogP contribution < -0.4 is 4.74 Å². The zero-order valence-electron chi connectivity index (χ0n) is 24.5. The molecule has 234 valence electrons. The minimum atomic E-state index is -4.76. The molecule has 2 aliphatic heterocycles. The standard InChI is InChI=1S/C33H37F6NO3/c1-18(30(41)42-3)29(21-5-6-21)22-7-4-20-12-13-31(43-28(20)14-22)24-8-9-25(31)17-40(16-24)19(2)26-15-23(32(34,35)36)10-11-27(26)33(37,38)39/h4,7,10-11,14-15,18-19,21,24-25,29H,5-6,8-9,12-13,16-17H2,1-3H3/t18?,19-,24-,25+,29?,31?/m1/s1. The summed E-state index contributed by atoms with van der Waals surface area (Å²) in [6, 6.07) is 7.14. The minimum absolute atomic E-state index is 0.0361. The molecule has 1 spiro atoms. The molecular formula is C33H37F6NO3. The average molecular weight is 610 g/mol. The monoisotopic (exact) mass is 609 g/mol. The number of carbonyl (C=O) groups is 1. The van der Waals surface area contributed by atoms with E-state index in [0.717, 1.165) is 55.4 Å². The molecule has 2 heterocycles. The molecule has 4 aliphatic rings. The average Bonchev–Trinajstić information content (AvgIpc) is 3.78. The maximum absolute atomic E-state index is 13.9. The van der Waals surface area contributed by atoms with E-state index in [1.54, 1.807) is 6.92 Å². The van der Waals surface area contributed by atoms with E-state index in [-0.39, 0.29) is 35.2 Å². The smallest absolute Gasteiger partial charge is 0.416 e. The number of nitrogens with zero attached hydrogens (tertiary/aromatic N) is 1. The number of methoxy groups -OCH3 is 1. The Hall–Kier alpha value is -2.75. The highest BCUT2D eigenvalue weighted by Gasteiger charge is 2.57. The van der Waals surface area contributed by atoms with E-state index in [4.69, 9.17) is 9.47 Å². The van der Waals surface area contributed by atoms with Crippen LogP contribution in [0.4, 0.5) is 26.3 Å². The number of carbonyl (C=O) groups excluding carboxylic acids is 1. The van der Waals surface area contributed by atoms with Gasteiger partial charge < -0.3 is 9.47 Å². The van der Waals surface area contributed by atoms with E-state index >= 15 is 0 Å². The number of halogens is 6. The summed E-state index contributed by atoms with van der Waals surface area (Å²) >= 11 is 0. The van der Waals surface area contributed by atoms with Crippen molar-refractivity contribution < 1.29 is 40.6 Å². The molecule has 6 atom stereocenters. The quantitative estimate of drug-likeness (QED) is 0.245. The molecule has 0 radical (unpaired) electrons. The molecular weight excluding hydrogens is 572 g/mol. The number of fused-ring (bicyclic) bond motifs is 1. The molecule has 1 saturated heterocycles. The lowest BCUT2D eigenvalue weighted by molar-refractivity contribution is -0.146. The Balaban J connectivity index is 1.26. The van der Waals surface area contributed by atoms with Gasteiger partial charge in [0.1, 0.15) is 11.4 Å². The van der Waals surface area contributed by atoms with Gasteiger partial charge in [-0.05, 0) is 98.2 Å². The third-order valence-corrected chi connectivity index (χ3v) is 10.6. The third-order valence-electron chi connectivity index (χ3n) is 10.6. The molecule has 2 aromatic carbocycles. The zero-order chi connectivity index (χ0) is 30.9. The van der Waals surface area contributed by atoms with Crippen LogP contribution in [0.2, 0.25) is 0 Å². The van der Waals surface area contributed by atoms with Crippen LogP contribution >= 0.6 is 0 Å². The number of ether oxygens (including phenoxy) is 2. The lowest BCUT2D eigenvalue weighted by Crippen LogP contribution is -2.58. The van der Waals surface area contributed by atoms with Crippen LogP contribution in [0.15, 0.2) is 36.4 Å². The van der Waals surface area contributed by atoms with Crippen molar-refractivity contribution in [2.45, 2.75) is 82.3 Å². The fourth-order valence-corrected chi connectivity index (χ4v) is 8.21. The molecule has 3 unspecified atom stereocenters. The number of hydrogen-bond acceptors (Lipinski definition) is 4. The van der Waals surface area contributed by atoms with Crippen molar-refractivity contribution in [3.05, 3.63) is 64.2 Å². The highest BCUT2D eigenvalue weighted by Crippen LogP contribution is 2.55. The van der Waals surface area contributed by atoms with Crippen molar-refractivity contribution in [1.29, 1.82) is 0 Å². The Labute approximate surface area is 247 Å². The van der Waals surface area contributed by atoms with E-state index in [9.17, 15) is 31.1 Å². The van der Waals surface area contributed by atoms with Gasteiger partial charge in [0.05, 0.1) is 24.2 Å². The number of benzene rings is 2. The number of alkyl halides is 6. The number of piperidine rings is 1. The lowest BCUT2D eigenvalue weighted by atomic mass is 9.73. The van der Waals surface area contributed by atoms with Crippen LogP contribution in [-0.2, 0) is 28.3 Å². The number of esters is 1. The Kier molecular flexibility index (Phi) is 7.54. The van der Waals surface area contributed by atoms with E-state index in [2.05, 4.69) is 18.2 Å². The van der Waals surface area contributed by atoms with Gasteiger partial charge in [-0.2, -0.15) is 26.3 Å². The number of likely N-dealkylation sites (tertiary alicyclic amines) is 1. The van der Waals surface area contributed by atoms with Crippen molar-refractivity contribution in [2.75, 3.05) is 20.2 Å². The normalized spacial score (nSPS) is 27.7. The fourth-order valence-electron chi connectivity index (χ4n) is 8.21. The topological polar surface area (TPSA) is 38.8 Å². The van der Waals surface area contributed by atoms with Crippen LogP contribution in [0.1, 0.15) is 85.7 Å². The Bertz CT molecular complexity index is 1370. The first-order valence-corrected chi connectivity index (χ1v) is 15.1. The SMILES string of the molecule is COC(=O)C(C)C(c1ccc2c(c1)OC1(CC2)[C@@H]2CC[C@H]1CN([C@H](C)c1cc(C(F)(F)F)ccc1C(F)(F)F)C2)C1CC1. The summed E-state index contributed by atoms with van der Waals surface area (Å²) in [5.74, 6) is 0.823. The zero-order valence-corrected chi connectivity index (χ0v) is 24.5. The van der Waals surface area contributed by atoms with Gasteiger partial charge in [-0.1, -0.05) is 19.1 Å². The van der Waals surface area contributed by atoms with Crippen LogP contribution in [0.25, 0.3) is 0 Å². The van der Waals surface area contributed by atoms with Gasteiger partial charge in [0.15, 0.2) is 0 Å². The number of hydrogen-bond donors (Lipinski definition) is 0. The Morgan fingerprint density at radius 2 is 1.63 bits per heavy atom. The number of rotatable bonds is 6. The van der Waals surface area contributed by atoms with Gasteiger partial charge in [0.25, 0.3) is 0 Å². The molecule has 6 rings (SSSR count). The molecule has 3 fully saturated rings. The largest absolute Gasteiger partial charge is 0.486 e. The summed E-state index contributed by atoms with van der Waals surface area (Å²) in [5, 5.41) is 0. The first kappa shape index (κ1) is 30.3. The predicted octanol–water partition coefficient (Wildman–Crippen LogP) is 8.19. The van der Waals surface area contributed by atoms with E-state index in [0.29, 0.717) is 37.2 Å². The summed E-state index contributed by atoms with van der Waals surface area (Å²) in [5.41, 5.74) is -0.758. The second kappa shape index (κ2) is 10.7. The summed E-state index contributed by atoms with van der Waals surface area (Å²) in [4.78, 5) is 14.4. The van der Waals surface area contributed by atoms with E-state index in [1.807, 2.05) is 11.8 Å². The molecule has 2 aliphatic carbocycles. The highest BCUT2D eigenvalue weighted by molar-refractivity contribution is 5.73. The maximum Gasteiger partial charge on any atom is 0.416 e. The summed E-state index contributed by atoms with van der Waals surface area (Å²) in [7, 11) is 1.41. The third kappa shape index (κ3) is 5.42. The van der Waals surface area contributed by atoms with Gasteiger partial charge in [-0.3, -0.25) is 9.69 Å². The van der Waals surface area contributed by atoms with Crippen molar-refractivity contribution >= 4 is 5.97 Å². The van der Waals surface area contributed by atoms with Crippen LogP contribution in [0, 0.1) is 23.7 Å². The van der Waals surface area contributed by atoms with E-state index < -0.39 is 35.1 Å². The molecule has 0 aromatic heterocycles. The minimum Gasteiger partial charge on any atom is -0.486 e. The molecule has 0 amide bonds. The Morgan fingerprint density at radius 1 is 0.953 bits per heavy atom. The van der Waals surface area contributed by atoms with Crippen LogP contribution in [0.3, 0.4) is 0 Å².